The molecule has 1 aliphatic carbocycles. The third-order valence-electron chi connectivity index (χ3n) is 3.65. The Balaban J connectivity index is 2.53. The first-order valence-corrected chi connectivity index (χ1v) is 6.05. The average Bonchev–Trinajstić information content (AvgIpc) is 2.97. The number of nitrogens with two attached hydrogens (primary N) is 1. The molecule has 3 heteroatoms. The molecular weight excluding hydrogens is 225 g/mol. The molecule has 16 heavy (non-hydrogen) atoms. The lowest BCUT2D eigenvalue weighted by molar-refractivity contribution is 0.367. The molecule has 1 saturated carbocycles. The van der Waals surface area contributed by atoms with Gasteiger partial charge in [-0.05, 0) is 38.3 Å². The molecular formula is C13H17ClFN. The lowest BCUT2D eigenvalue weighted by Gasteiger charge is -2.24. The Kier molecular flexibility index (Phi) is 2.97. The summed E-state index contributed by atoms with van der Waals surface area (Å²) < 4.78 is 13.7. The standard InChI is InChI=1S/C13H17ClFN/c1-8(15)12-10(4-3-5-11(12)14)13(6-7-13)9(2)16/h3-5,8-9H,6-7,16H2,1-2H3. The zero-order valence-electron chi connectivity index (χ0n) is 9.63. The number of benzene rings is 1. The zero-order valence-corrected chi connectivity index (χ0v) is 10.4. The van der Waals surface area contributed by atoms with Crippen LogP contribution >= 0.6 is 11.6 Å². The fourth-order valence-corrected chi connectivity index (χ4v) is 2.80. The number of halogens is 2. The Morgan fingerprint density at radius 3 is 2.44 bits per heavy atom. The van der Waals surface area contributed by atoms with E-state index in [-0.39, 0.29) is 11.5 Å². The number of rotatable bonds is 3. The van der Waals surface area contributed by atoms with Crippen LogP contribution in [0.4, 0.5) is 4.39 Å². The Morgan fingerprint density at radius 2 is 2.00 bits per heavy atom. The summed E-state index contributed by atoms with van der Waals surface area (Å²) in [6, 6.07) is 5.64. The van der Waals surface area contributed by atoms with E-state index in [4.69, 9.17) is 17.3 Å². The van der Waals surface area contributed by atoms with Crippen LogP contribution in [-0.4, -0.2) is 6.04 Å². The van der Waals surface area contributed by atoms with Crippen molar-refractivity contribution in [2.75, 3.05) is 0 Å². The summed E-state index contributed by atoms with van der Waals surface area (Å²) in [7, 11) is 0. The van der Waals surface area contributed by atoms with Gasteiger partial charge in [0.05, 0.1) is 0 Å². The first-order valence-electron chi connectivity index (χ1n) is 5.67. The molecule has 0 saturated heterocycles. The van der Waals surface area contributed by atoms with Gasteiger partial charge in [0.2, 0.25) is 0 Å². The molecule has 0 aromatic heterocycles. The second-order valence-corrected chi connectivity index (χ2v) is 5.17. The van der Waals surface area contributed by atoms with Gasteiger partial charge in [0.15, 0.2) is 0 Å². The maximum absolute atomic E-state index is 13.7. The average molecular weight is 242 g/mol. The van der Waals surface area contributed by atoms with E-state index in [0.717, 1.165) is 18.4 Å². The van der Waals surface area contributed by atoms with E-state index in [1.54, 1.807) is 6.07 Å². The van der Waals surface area contributed by atoms with E-state index >= 15 is 0 Å². The van der Waals surface area contributed by atoms with E-state index < -0.39 is 6.17 Å². The Labute approximate surface area is 101 Å². The molecule has 0 radical (unpaired) electrons. The lowest BCUT2D eigenvalue weighted by Crippen LogP contribution is -2.32. The van der Waals surface area contributed by atoms with Crippen molar-refractivity contribution in [3.8, 4) is 0 Å². The molecule has 2 atom stereocenters. The van der Waals surface area contributed by atoms with Crippen LogP contribution in [0.5, 0.6) is 0 Å². The predicted octanol–water partition coefficient (Wildman–Crippen LogP) is 3.75. The van der Waals surface area contributed by atoms with Gasteiger partial charge in [-0.25, -0.2) is 4.39 Å². The summed E-state index contributed by atoms with van der Waals surface area (Å²) in [6.45, 7) is 3.52. The maximum Gasteiger partial charge on any atom is 0.124 e. The summed E-state index contributed by atoms with van der Waals surface area (Å²) in [5, 5.41) is 0.513. The molecule has 1 aromatic rings. The van der Waals surface area contributed by atoms with Gasteiger partial charge in [0.1, 0.15) is 6.17 Å². The van der Waals surface area contributed by atoms with Crippen LogP contribution in [-0.2, 0) is 5.41 Å². The highest BCUT2D eigenvalue weighted by Crippen LogP contribution is 2.53. The summed E-state index contributed by atoms with van der Waals surface area (Å²) in [4.78, 5) is 0. The highest BCUT2D eigenvalue weighted by molar-refractivity contribution is 6.31. The molecule has 2 unspecified atom stereocenters. The molecule has 0 heterocycles. The minimum atomic E-state index is -1.04. The van der Waals surface area contributed by atoms with Crippen molar-refractivity contribution in [1.82, 2.24) is 0 Å². The third kappa shape index (κ3) is 1.74. The smallest absolute Gasteiger partial charge is 0.124 e. The van der Waals surface area contributed by atoms with Gasteiger partial charge >= 0.3 is 0 Å². The molecule has 2 rings (SSSR count). The lowest BCUT2D eigenvalue weighted by atomic mass is 9.85. The van der Waals surface area contributed by atoms with Gasteiger partial charge in [-0.1, -0.05) is 23.7 Å². The summed E-state index contributed by atoms with van der Waals surface area (Å²) in [6.07, 6.45) is 1.02. The van der Waals surface area contributed by atoms with Gasteiger partial charge in [-0.2, -0.15) is 0 Å². The third-order valence-corrected chi connectivity index (χ3v) is 3.98. The van der Waals surface area contributed by atoms with Gasteiger partial charge in [-0.3, -0.25) is 0 Å². The first kappa shape index (κ1) is 11.9. The van der Waals surface area contributed by atoms with Crippen molar-refractivity contribution >= 4 is 11.6 Å². The van der Waals surface area contributed by atoms with E-state index in [1.807, 2.05) is 19.1 Å². The fourth-order valence-electron chi connectivity index (χ4n) is 2.48. The minimum absolute atomic E-state index is 0.0411. The van der Waals surface area contributed by atoms with Gasteiger partial charge in [0.25, 0.3) is 0 Å². The second-order valence-electron chi connectivity index (χ2n) is 4.76. The second kappa shape index (κ2) is 4.01. The van der Waals surface area contributed by atoms with E-state index in [2.05, 4.69) is 0 Å². The van der Waals surface area contributed by atoms with Crippen LogP contribution in [0.1, 0.15) is 44.0 Å². The SMILES string of the molecule is CC(F)c1c(Cl)cccc1C1(C(C)N)CC1. The van der Waals surface area contributed by atoms with Gasteiger partial charge in [0, 0.05) is 22.0 Å². The molecule has 1 fully saturated rings. The van der Waals surface area contributed by atoms with Gasteiger partial charge in [-0.15, -0.1) is 0 Å². The van der Waals surface area contributed by atoms with Crippen molar-refractivity contribution in [3.63, 3.8) is 0 Å². The molecule has 0 spiro atoms. The van der Waals surface area contributed by atoms with E-state index in [0.29, 0.717) is 10.6 Å². The molecule has 0 amide bonds. The summed E-state index contributed by atoms with van der Waals surface area (Å²) >= 11 is 6.08. The number of hydrogen-bond acceptors (Lipinski definition) is 1. The molecule has 1 aromatic carbocycles. The predicted molar refractivity (Wildman–Crippen MR) is 65.5 cm³/mol. The van der Waals surface area contributed by atoms with Gasteiger partial charge < -0.3 is 5.73 Å². The first-order chi connectivity index (χ1) is 7.49. The van der Waals surface area contributed by atoms with Crippen LogP contribution in [0.25, 0.3) is 0 Å². The molecule has 88 valence electrons. The van der Waals surface area contributed by atoms with Crippen molar-refractivity contribution in [3.05, 3.63) is 34.3 Å². The van der Waals surface area contributed by atoms with Crippen LogP contribution in [0.2, 0.25) is 5.02 Å². The van der Waals surface area contributed by atoms with E-state index in [1.165, 1.54) is 6.92 Å². The Morgan fingerprint density at radius 1 is 1.38 bits per heavy atom. The normalized spacial score (nSPS) is 21.6. The summed E-state index contributed by atoms with van der Waals surface area (Å²) in [5.41, 5.74) is 7.61. The van der Waals surface area contributed by atoms with Crippen molar-refractivity contribution in [1.29, 1.82) is 0 Å². The van der Waals surface area contributed by atoms with Crippen LogP contribution < -0.4 is 5.73 Å². The van der Waals surface area contributed by atoms with Crippen LogP contribution in [0.15, 0.2) is 18.2 Å². The largest absolute Gasteiger partial charge is 0.327 e. The Bertz CT molecular complexity index is 397. The van der Waals surface area contributed by atoms with Crippen molar-refractivity contribution in [2.45, 2.75) is 44.3 Å². The molecule has 0 aliphatic heterocycles. The molecule has 0 bridgehead atoms. The minimum Gasteiger partial charge on any atom is -0.327 e. The maximum atomic E-state index is 13.7. The number of alkyl halides is 1. The summed E-state index contributed by atoms with van der Waals surface area (Å²) in [5.74, 6) is 0. The molecule has 1 nitrogen and oxygen atoms in total. The fraction of sp³-hybridized carbons (Fsp3) is 0.538. The zero-order chi connectivity index (χ0) is 11.9. The highest BCUT2D eigenvalue weighted by Gasteiger charge is 2.49. The highest BCUT2D eigenvalue weighted by atomic mass is 35.5. The Hall–Kier alpha value is -0.600. The van der Waals surface area contributed by atoms with Crippen LogP contribution in [0.3, 0.4) is 0 Å². The van der Waals surface area contributed by atoms with Crippen molar-refractivity contribution < 1.29 is 4.39 Å². The molecule has 1 aliphatic rings. The van der Waals surface area contributed by atoms with E-state index in [9.17, 15) is 4.39 Å². The molecule has 2 N–H and O–H groups in total. The quantitative estimate of drug-likeness (QED) is 0.857. The number of hydrogen-bond donors (Lipinski definition) is 1. The van der Waals surface area contributed by atoms with Crippen molar-refractivity contribution in [2.24, 2.45) is 5.73 Å². The van der Waals surface area contributed by atoms with Crippen LogP contribution in [0, 0.1) is 0 Å². The monoisotopic (exact) mass is 241 g/mol. The topological polar surface area (TPSA) is 26.0 Å².